The summed E-state index contributed by atoms with van der Waals surface area (Å²) in [4.78, 5) is 2.46. The number of hydrogen-bond acceptors (Lipinski definition) is 4. The standard InChI is InChI=1S/C16H26N2O2/c1-5-12-11-18(13(6-2)10-17-12)15-9-14(19-3)7-8-16(15)20-4/h7-9,12-13,17H,5-6,10-11H2,1-4H3. The van der Waals surface area contributed by atoms with E-state index in [0.717, 1.165) is 43.1 Å². The van der Waals surface area contributed by atoms with Crippen LogP contribution in [0.1, 0.15) is 26.7 Å². The highest BCUT2D eigenvalue weighted by Crippen LogP contribution is 2.35. The molecule has 1 aliphatic heterocycles. The van der Waals surface area contributed by atoms with Gasteiger partial charge in [0, 0.05) is 31.2 Å². The number of nitrogens with zero attached hydrogens (tertiary/aromatic N) is 1. The van der Waals surface area contributed by atoms with Crippen LogP contribution < -0.4 is 19.7 Å². The molecule has 20 heavy (non-hydrogen) atoms. The Kier molecular flexibility index (Phi) is 5.12. The Morgan fingerprint density at radius 1 is 1.20 bits per heavy atom. The van der Waals surface area contributed by atoms with E-state index < -0.39 is 0 Å². The monoisotopic (exact) mass is 278 g/mol. The van der Waals surface area contributed by atoms with E-state index >= 15 is 0 Å². The SMILES string of the molecule is CCC1CN(c2cc(OC)ccc2OC)C(CC)CN1. The fourth-order valence-electron chi connectivity index (χ4n) is 2.82. The van der Waals surface area contributed by atoms with Gasteiger partial charge in [-0.05, 0) is 25.0 Å². The average Bonchev–Trinajstić information content (AvgIpc) is 2.53. The molecule has 0 aromatic heterocycles. The zero-order valence-electron chi connectivity index (χ0n) is 13.0. The van der Waals surface area contributed by atoms with Crippen molar-refractivity contribution in [2.24, 2.45) is 0 Å². The molecular formula is C16H26N2O2. The minimum absolute atomic E-state index is 0.499. The molecule has 1 N–H and O–H groups in total. The van der Waals surface area contributed by atoms with Crippen LogP contribution in [-0.2, 0) is 0 Å². The lowest BCUT2D eigenvalue weighted by Crippen LogP contribution is -2.56. The third-order valence-electron chi connectivity index (χ3n) is 4.16. The second-order valence-electron chi connectivity index (χ2n) is 5.27. The van der Waals surface area contributed by atoms with E-state index in [-0.39, 0.29) is 0 Å². The zero-order valence-corrected chi connectivity index (χ0v) is 13.0. The highest BCUT2D eigenvalue weighted by atomic mass is 16.5. The third-order valence-corrected chi connectivity index (χ3v) is 4.16. The molecule has 4 nitrogen and oxygen atoms in total. The van der Waals surface area contributed by atoms with Crippen molar-refractivity contribution in [1.82, 2.24) is 5.32 Å². The second kappa shape index (κ2) is 6.84. The summed E-state index contributed by atoms with van der Waals surface area (Å²) in [6.45, 7) is 6.50. The molecule has 1 saturated heterocycles. The summed E-state index contributed by atoms with van der Waals surface area (Å²) in [5, 5.41) is 3.62. The Bertz CT molecular complexity index is 436. The number of hydrogen-bond donors (Lipinski definition) is 1. The van der Waals surface area contributed by atoms with Crippen LogP contribution in [0.2, 0.25) is 0 Å². The molecule has 0 radical (unpaired) electrons. The van der Waals surface area contributed by atoms with E-state index in [2.05, 4.69) is 30.1 Å². The summed E-state index contributed by atoms with van der Waals surface area (Å²) < 4.78 is 10.9. The highest BCUT2D eigenvalue weighted by Gasteiger charge is 2.28. The molecule has 1 aromatic carbocycles. The molecule has 1 heterocycles. The molecule has 0 spiro atoms. The van der Waals surface area contributed by atoms with Gasteiger partial charge in [0.25, 0.3) is 0 Å². The van der Waals surface area contributed by atoms with Crippen molar-refractivity contribution < 1.29 is 9.47 Å². The van der Waals surface area contributed by atoms with Crippen LogP contribution in [0.25, 0.3) is 0 Å². The van der Waals surface area contributed by atoms with Crippen LogP contribution in [0.15, 0.2) is 18.2 Å². The van der Waals surface area contributed by atoms with Crippen molar-refractivity contribution in [2.75, 3.05) is 32.2 Å². The van der Waals surface area contributed by atoms with Crippen LogP contribution in [0.4, 0.5) is 5.69 Å². The van der Waals surface area contributed by atoms with Gasteiger partial charge in [-0.2, -0.15) is 0 Å². The van der Waals surface area contributed by atoms with Gasteiger partial charge in [-0.1, -0.05) is 13.8 Å². The Hall–Kier alpha value is -1.42. The molecule has 0 amide bonds. The van der Waals surface area contributed by atoms with E-state index in [1.165, 1.54) is 0 Å². The predicted molar refractivity (Wildman–Crippen MR) is 83.1 cm³/mol. The molecule has 1 aliphatic rings. The molecule has 0 aliphatic carbocycles. The van der Waals surface area contributed by atoms with Crippen molar-refractivity contribution in [2.45, 2.75) is 38.8 Å². The zero-order chi connectivity index (χ0) is 14.5. The van der Waals surface area contributed by atoms with E-state index in [1.807, 2.05) is 12.1 Å². The number of methoxy groups -OCH3 is 2. The van der Waals surface area contributed by atoms with Crippen LogP contribution in [-0.4, -0.2) is 39.4 Å². The quantitative estimate of drug-likeness (QED) is 0.898. The van der Waals surface area contributed by atoms with Gasteiger partial charge in [0.15, 0.2) is 0 Å². The van der Waals surface area contributed by atoms with E-state index in [1.54, 1.807) is 14.2 Å². The van der Waals surface area contributed by atoms with Crippen molar-refractivity contribution in [1.29, 1.82) is 0 Å². The van der Waals surface area contributed by atoms with Crippen molar-refractivity contribution >= 4 is 5.69 Å². The maximum atomic E-state index is 5.54. The average molecular weight is 278 g/mol. The smallest absolute Gasteiger partial charge is 0.142 e. The van der Waals surface area contributed by atoms with E-state index in [9.17, 15) is 0 Å². The lowest BCUT2D eigenvalue weighted by atomic mass is 10.0. The van der Waals surface area contributed by atoms with Gasteiger partial charge in [-0.3, -0.25) is 0 Å². The Labute approximate surface area is 122 Å². The van der Waals surface area contributed by atoms with E-state index in [0.29, 0.717) is 12.1 Å². The topological polar surface area (TPSA) is 33.7 Å². The second-order valence-corrected chi connectivity index (χ2v) is 5.27. The summed E-state index contributed by atoms with van der Waals surface area (Å²) in [5.41, 5.74) is 1.14. The van der Waals surface area contributed by atoms with Crippen molar-refractivity contribution in [3.8, 4) is 11.5 Å². The van der Waals surface area contributed by atoms with Crippen LogP contribution in [0.5, 0.6) is 11.5 Å². The van der Waals surface area contributed by atoms with Crippen LogP contribution >= 0.6 is 0 Å². The summed E-state index contributed by atoms with van der Waals surface area (Å²) >= 11 is 0. The number of piperazine rings is 1. The molecule has 0 saturated carbocycles. The highest BCUT2D eigenvalue weighted by molar-refractivity contribution is 5.62. The van der Waals surface area contributed by atoms with Gasteiger partial charge >= 0.3 is 0 Å². The molecule has 112 valence electrons. The van der Waals surface area contributed by atoms with E-state index in [4.69, 9.17) is 9.47 Å². The first-order chi connectivity index (χ1) is 9.73. The third kappa shape index (κ3) is 3.01. The van der Waals surface area contributed by atoms with Crippen LogP contribution in [0, 0.1) is 0 Å². The van der Waals surface area contributed by atoms with Gasteiger partial charge < -0.3 is 19.7 Å². The normalized spacial score (nSPS) is 22.7. The van der Waals surface area contributed by atoms with Gasteiger partial charge in [-0.25, -0.2) is 0 Å². The number of benzene rings is 1. The molecule has 2 unspecified atom stereocenters. The van der Waals surface area contributed by atoms with Gasteiger partial charge in [-0.15, -0.1) is 0 Å². The molecule has 2 atom stereocenters. The maximum absolute atomic E-state index is 5.54. The fourth-order valence-corrected chi connectivity index (χ4v) is 2.82. The largest absolute Gasteiger partial charge is 0.497 e. The first kappa shape index (κ1) is 15.0. The van der Waals surface area contributed by atoms with Crippen molar-refractivity contribution in [3.63, 3.8) is 0 Å². The lowest BCUT2D eigenvalue weighted by molar-refractivity contribution is 0.366. The van der Waals surface area contributed by atoms with Gasteiger partial charge in [0.05, 0.1) is 19.9 Å². The Morgan fingerprint density at radius 2 is 2.00 bits per heavy atom. The summed E-state index contributed by atoms with van der Waals surface area (Å²) in [5.74, 6) is 1.79. The van der Waals surface area contributed by atoms with Crippen LogP contribution in [0.3, 0.4) is 0 Å². The lowest BCUT2D eigenvalue weighted by Gasteiger charge is -2.42. The summed E-state index contributed by atoms with van der Waals surface area (Å²) in [7, 11) is 3.43. The summed E-state index contributed by atoms with van der Waals surface area (Å²) in [6.07, 6.45) is 2.25. The Morgan fingerprint density at radius 3 is 2.60 bits per heavy atom. The molecule has 4 heteroatoms. The molecule has 1 fully saturated rings. The fraction of sp³-hybridized carbons (Fsp3) is 0.625. The number of anilines is 1. The minimum Gasteiger partial charge on any atom is -0.497 e. The minimum atomic E-state index is 0.499. The Balaban J connectivity index is 2.34. The number of nitrogens with one attached hydrogen (secondary N) is 1. The first-order valence-electron chi connectivity index (χ1n) is 7.45. The number of rotatable bonds is 5. The molecule has 0 bridgehead atoms. The van der Waals surface area contributed by atoms with Gasteiger partial charge in [0.2, 0.25) is 0 Å². The number of ether oxygens (including phenoxy) is 2. The maximum Gasteiger partial charge on any atom is 0.142 e. The molecule has 1 aromatic rings. The predicted octanol–water partition coefficient (Wildman–Crippen LogP) is 2.67. The first-order valence-corrected chi connectivity index (χ1v) is 7.45. The molecular weight excluding hydrogens is 252 g/mol. The molecule has 2 rings (SSSR count). The van der Waals surface area contributed by atoms with Crippen molar-refractivity contribution in [3.05, 3.63) is 18.2 Å². The summed E-state index contributed by atoms with van der Waals surface area (Å²) in [6, 6.07) is 7.05. The van der Waals surface area contributed by atoms with Gasteiger partial charge in [0.1, 0.15) is 11.5 Å².